The number of hydrogen-bond donors (Lipinski definition) is 3. The van der Waals surface area contributed by atoms with Crippen LogP contribution < -0.4 is 0 Å². The van der Waals surface area contributed by atoms with Crippen LogP contribution in [0.25, 0.3) is 0 Å². The number of carboxylic acid groups (broad SMARTS) is 3. The monoisotopic (exact) mass is 294 g/mol. The Balaban J connectivity index is 4.11. The van der Waals surface area contributed by atoms with E-state index in [1.54, 1.807) is 20.8 Å². The van der Waals surface area contributed by atoms with Gasteiger partial charge >= 0.3 is 17.9 Å². The summed E-state index contributed by atoms with van der Waals surface area (Å²) in [6, 6.07) is 0. The van der Waals surface area contributed by atoms with Gasteiger partial charge in [-0.05, 0) is 36.0 Å². The molecule has 0 atom stereocenters. The van der Waals surface area contributed by atoms with E-state index in [4.69, 9.17) is 0 Å². The highest BCUT2D eigenvalue weighted by molar-refractivity contribution is 6.05. The van der Waals surface area contributed by atoms with Crippen LogP contribution >= 0.6 is 0 Å². The first-order chi connectivity index (χ1) is 9.81. The van der Waals surface area contributed by atoms with Gasteiger partial charge in [-0.3, -0.25) is 0 Å². The molecule has 0 saturated heterocycles. The lowest BCUT2D eigenvalue weighted by Gasteiger charge is -2.20. The summed E-state index contributed by atoms with van der Waals surface area (Å²) in [5, 5.41) is 28.2. The largest absolute Gasteiger partial charge is 0.478 e. The molecule has 0 aliphatic heterocycles. The fourth-order valence-electron chi connectivity index (χ4n) is 2.76. The minimum atomic E-state index is -1.30. The van der Waals surface area contributed by atoms with Gasteiger partial charge in [0.2, 0.25) is 0 Å². The summed E-state index contributed by atoms with van der Waals surface area (Å²) in [6.45, 7) is 4.98. The number of carboxylic acids is 3. The smallest absolute Gasteiger partial charge is 0.336 e. The van der Waals surface area contributed by atoms with Gasteiger partial charge in [0.15, 0.2) is 0 Å². The molecule has 1 aromatic rings. The fourth-order valence-corrected chi connectivity index (χ4v) is 2.76. The quantitative estimate of drug-likeness (QED) is 0.743. The first kappa shape index (κ1) is 16.7. The Bertz CT molecular complexity index is 508. The normalized spacial score (nSPS) is 10.4. The molecule has 114 valence electrons. The maximum absolute atomic E-state index is 11.5. The van der Waals surface area contributed by atoms with Crippen molar-refractivity contribution in [3.05, 3.63) is 33.4 Å². The zero-order valence-corrected chi connectivity index (χ0v) is 12.2. The summed E-state index contributed by atoms with van der Waals surface area (Å²) < 4.78 is 0. The molecular formula is C15H18O6. The van der Waals surface area contributed by atoms with Crippen molar-refractivity contribution in [1.82, 2.24) is 0 Å². The molecule has 6 nitrogen and oxygen atoms in total. The summed E-state index contributed by atoms with van der Waals surface area (Å²) in [4.78, 5) is 34.6. The van der Waals surface area contributed by atoms with Crippen LogP contribution in [0.5, 0.6) is 0 Å². The number of rotatable bonds is 6. The number of aromatic carboxylic acids is 3. The van der Waals surface area contributed by atoms with E-state index in [9.17, 15) is 29.7 Å². The number of hydrogen-bond acceptors (Lipinski definition) is 3. The fraction of sp³-hybridized carbons (Fsp3) is 0.400. The van der Waals surface area contributed by atoms with Crippen molar-refractivity contribution in [2.45, 2.75) is 40.0 Å². The molecule has 0 aromatic heterocycles. The van der Waals surface area contributed by atoms with Crippen molar-refractivity contribution < 1.29 is 29.7 Å². The first-order valence-electron chi connectivity index (χ1n) is 6.72. The van der Waals surface area contributed by atoms with Crippen LogP contribution in [-0.2, 0) is 19.3 Å². The van der Waals surface area contributed by atoms with E-state index in [-0.39, 0.29) is 52.6 Å². The second-order valence-corrected chi connectivity index (χ2v) is 4.54. The van der Waals surface area contributed by atoms with E-state index >= 15 is 0 Å². The third kappa shape index (κ3) is 2.74. The average molecular weight is 294 g/mol. The molecule has 0 aliphatic carbocycles. The van der Waals surface area contributed by atoms with Gasteiger partial charge in [0.05, 0.1) is 16.7 Å². The standard InChI is InChI=1S/C15H18O6/c1-4-7-10(13(16)17)8(5-2)12(15(20)21)9(6-3)11(7)14(18)19/h4-6H2,1-3H3,(H,16,17)(H,18,19)(H,20,21). The number of benzene rings is 1. The highest BCUT2D eigenvalue weighted by Gasteiger charge is 2.30. The van der Waals surface area contributed by atoms with Crippen LogP contribution in [0, 0.1) is 0 Å². The lowest BCUT2D eigenvalue weighted by atomic mass is 9.83. The molecule has 1 rings (SSSR count). The molecule has 6 heteroatoms. The van der Waals surface area contributed by atoms with Gasteiger partial charge in [-0.1, -0.05) is 20.8 Å². The molecule has 0 radical (unpaired) electrons. The molecule has 3 N–H and O–H groups in total. The predicted molar refractivity (Wildman–Crippen MR) is 75.5 cm³/mol. The van der Waals surface area contributed by atoms with Crippen molar-refractivity contribution in [2.24, 2.45) is 0 Å². The third-order valence-electron chi connectivity index (χ3n) is 3.51. The molecule has 0 saturated carbocycles. The molecule has 0 bridgehead atoms. The van der Waals surface area contributed by atoms with E-state index in [1.807, 2.05) is 0 Å². The molecule has 21 heavy (non-hydrogen) atoms. The predicted octanol–water partition coefficient (Wildman–Crippen LogP) is 2.47. The molecule has 0 heterocycles. The van der Waals surface area contributed by atoms with Gasteiger partial charge in [-0.2, -0.15) is 0 Å². The van der Waals surface area contributed by atoms with Crippen LogP contribution in [0.2, 0.25) is 0 Å². The highest BCUT2D eigenvalue weighted by atomic mass is 16.4. The maximum atomic E-state index is 11.5. The van der Waals surface area contributed by atoms with Gasteiger partial charge in [0, 0.05) is 0 Å². The first-order valence-corrected chi connectivity index (χ1v) is 6.72. The average Bonchev–Trinajstić information content (AvgIpc) is 2.42. The van der Waals surface area contributed by atoms with Crippen molar-refractivity contribution in [2.75, 3.05) is 0 Å². The van der Waals surface area contributed by atoms with Crippen LogP contribution in [0.15, 0.2) is 0 Å². The minimum Gasteiger partial charge on any atom is -0.478 e. The summed E-state index contributed by atoms with van der Waals surface area (Å²) in [7, 11) is 0. The zero-order chi connectivity index (χ0) is 16.3. The lowest BCUT2D eigenvalue weighted by Crippen LogP contribution is -2.21. The van der Waals surface area contributed by atoms with E-state index in [1.165, 1.54) is 0 Å². The van der Waals surface area contributed by atoms with E-state index < -0.39 is 17.9 Å². The van der Waals surface area contributed by atoms with Crippen LogP contribution in [0.4, 0.5) is 0 Å². The Morgan fingerprint density at radius 2 is 0.810 bits per heavy atom. The number of carbonyl (C=O) groups is 3. The lowest BCUT2D eigenvalue weighted by molar-refractivity contribution is 0.0693. The van der Waals surface area contributed by atoms with Crippen LogP contribution in [0.1, 0.15) is 68.5 Å². The molecule has 0 aliphatic rings. The van der Waals surface area contributed by atoms with Gasteiger partial charge in [-0.25, -0.2) is 14.4 Å². The second-order valence-electron chi connectivity index (χ2n) is 4.54. The van der Waals surface area contributed by atoms with Gasteiger partial charge in [-0.15, -0.1) is 0 Å². The van der Waals surface area contributed by atoms with Crippen molar-refractivity contribution in [1.29, 1.82) is 0 Å². The molecule has 0 unspecified atom stereocenters. The van der Waals surface area contributed by atoms with Crippen molar-refractivity contribution in [3.8, 4) is 0 Å². The van der Waals surface area contributed by atoms with Gasteiger partial charge in [0.1, 0.15) is 0 Å². The Kier molecular flexibility index (Phi) is 5.07. The maximum Gasteiger partial charge on any atom is 0.336 e. The minimum absolute atomic E-state index is 0.188. The molecular weight excluding hydrogens is 276 g/mol. The molecule has 0 spiro atoms. The molecule has 0 fully saturated rings. The van der Waals surface area contributed by atoms with E-state index in [0.29, 0.717) is 0 Å². The van der Waals surface area contributed by atoms with Crippen LogP contribution in [0.3, 0.4) is 0 Å². The SMILES string of the molecule is CCc1c(C(=O)O)c(CC)c(C(=O)O)c(CC)c1C(=O)O. The topological polar surface area (TPSA) is 112 Å². The second kappa shape index (κ2) is 6.39. The highest BCUT2D eigenvalue weighted by Crippen LogP contribution is 2.30. The van der Waals surface area contributed by atoms with Gasteiger partial charge < -0.3 is 15.3 Å². The van der Waals surface area contributed by atoms with Gasteiger partial charge in [0.25, 0.3) is 0 Å². The molecule has 1 aromatic carbocycles. The Labute approximate surface area is 122 Å². The Hall–Kier alpha value is -2.37. The van der Waals surface area contributed by atoms with E-state index in [0.717, 1.165) is 0 Å². The van der Waals surface area contributed by atoms with Crippen molar-refractivity contribution >= 4 is 17.9 Å². The third-order valence-corrected chi connectivity index (χ3v) is 3.51. The summed E-state index contributed by atoms with van der Waals surface area (Å²) in [6.07, 6.45) is 0.634. The van der Waals surface area contributed by atoms with Crippen LogP contribution in [-0.4, -0.2) is 33.2 Å². The Morgan fingerprint density at radius 1 is 0.619 bits per heavy atom. The molecule has 0 amide bonds. The Morgan fingerprint density at radius 3 is 0.905 bits per heavy atom. The van der Waals surface area contributed by atoms with Crippen molar-refractivity contribution in [3.63, 3.8) is 0 Å². The summed E-state index contributed by atoms with van der Waals surface area (Å²) in [5.74, 6) is -3.89. The zero-order valence-electron chi connectivity index (χ0n) is 12.2. The van der Waals surface area contributed by atoms with E-state index in [2.05, 4.69) is 0 Å². The summed E-state index contributed by atoms with van der Waals surface area (Å²) >= 11 is 0. The summed E-state index contributed by atoms with van der Waals surface area (Å²) in [5.41, 5.74) is 0.00194.